The van der Waals surface area contributed by atoms with Crippen LogP contribution in [0, 0.1) is 5.34 Å². The zero-order valence-corrected chi connectivity index (χ0v) is 19.4. The maximum Gasteiger partial charge on any atom is 0 e. The molecule has 0 aliphatic heterocycles. The molecule has 7 heteroatoms. The molecule has 3 rings (SSSR count). The van der Waals surface area contributed by atoms with Crippen LogP contribution in [0.3, 0.4) is 0 Å². The van der Waals surface area contributed by atoms with Crippen molar-refractivity contribution in [1.29, 1.82) is 0 Å². The first-order chi connectivity index (χ1) is 11.8. The Morgan fingerprint density at radius 1 is 0.760 bits per heavy atom. The quantitative estimate of drug-likeness (QED) is 0.204. The largest absolute Gasteiger partial charge is 0.206 e. The first-order valence-electron chi connectivity index (χ1n) is 6.75. The van der Waals surface area contributed by atoms with Crippen molar-refractivity contribution >= 4 is 66.1 Å². The van der Waals surface area contributed by atoms with Crippen LogP contribution >= 0.6 is 50.2 Å². The van der Waals surface area contributed by atoms with Crippen LogP contribution < -0.4 is 15.9 Å². The number of hydrogen-bond donors (Lipinski definition) is 0. The van der Waals surface area contributed by atoms with Gasteiger partial charge in [0.2, 0.25) is 0 Å². The first kappa shape index (κ1) is 25.6. The zero-order valence-electron chi connectivity index (χ0n) is 12.8. The molecule has 0 spiro atoms. The minimum atomic E-state index is -0.409. The Morgan fingerprint density at radius 2 is 1.16 bits per heavy atom. The van der Waals surface area contributed by atoms with Crippen LogP contribution in [0.4, 0.5) is 0 Å². The molecular formula is C18H15Cl4FePPd-2. The summed E-state index contributed by atoms with van der Waals surface area (Å²) in [7, 11) is 9.22. The Bertz CT molecular complexity index is 597. The molecule has 0 aliphatic rings. The van der Waals surface area contributed by atoms with Crippen LogP contribution in [0.1, 0.15) is 0 Å². The van der Waals surface area contributed by atoms with Crippen LogP contribution in [0.15, 0.2) is 84.9 Å². The molecule has 0 atom stereocenters. The number of halogens is 4. The molecule has 0 radical (unpaired) electrons. The van der Waals surface area contributed by atoms with Crippen LogP contribution in [0.2, 0.25) is 0 Å². The Morgan fingerprint density at radius 3 is 1.48 bits per heavy atom. The van der Waals surface area contributed by atoms with Crippen molar-refractivity contribution in [2.45, 2.75) is 0 Å². The summed E-state index contributed by atoms with van der Waals surface area (Å²) >= 11 is 9.17. The maximum atomic E-state index is 4.81. The summed E-state index contributed by atoms with van der Waals surface area (Å²) in [6.07, 6.45) is 0. The molecule has 0 aliphatic carbocycles. The van der Waals surface area contributed by atoms with Crippen molar-refractivity contribution in [2.75, 3.05) is 0 Å². The topological polar surface area (TPSA) is 0 Å². The molecule has 3 aromatic rings. The molecular weight excluding hydrogens is 551 g/mol. The third-order valence-electron chi connectivity index (χ3n) is 2.93. The van der Waals surface area contributed by atoms with Crippen molar-refractivity contribution in [2.24, 2.45) is 0 Å². The standard InChI is InChI=1S/C17H14P.CHCl2.2ClH.Fe.Pd/c1-3-9-15(10-4-1)18(17-13-7-8-14-17)16-11-5-2-6-12-16;2-1-3;;;;/h1-14H;1H;2*1H;;/q2*-1;;;;+2/p-2. The van der Waals surface area contributed by atoms with Gasteiger partial charge in [-0.25, -0.2) is 6.07 Å². The van der Waals surface area contributed by atoms with Crippen LogP contribution in [0.25, 0.3) is 0 Å². The van der Waals surface area contributed by atoms with Gasteiger partial charge in [-0.3, -0.25) is 0 Å². The van der Waals surface area contributed by atoms with Gasteiger partial charge < -0.3 is 23.2 Å². The normalized spacial score (nSPS) is 9.32. The molecule has 0 heterocycles. The molecule has 0 amide bonds. The minimum Gasteiger partial charge on any atom is -0.206 e. The average molecular weight is 566 g/mol. The second kappa shape index (κ2) is 16.7. The van der Waals surface area contributed by atoms with E-state index < -0.39 is 7.92 Å². The second-order valence-electron chi connectivity index (χ2n) is 4.28. The molecule has 0 N–H and O–H groups in total. The van der Waals surface area contributed by atoms with E-state index in [-0.39, 0.29) is 33.0 Å². The number of hydrogen-bond acceptors (Lipinski definition) is 0. The van der Waals surface area contributed by atoms with Gasteiger partial charge in [0.25, 0.3) is 0 Å². The summed E-state index contributed by atoms with van der Waals surface area (Å²) in [6.45, 7) is 0. The third kappa shape index (κ3) is 9.89. The summed E-state index contributed by atoms with van der Waals surface area (Å²) in [5, 5.41) is 5.18. The van der Waals surface area contributed by atoms with E-state index in [0.717, 1.165) is 5.34 Å². The average Bonchev–Trinajstić information content (AvgIpc) is 3.13. The SMILES string of the molecule is Cl[CH-]Cl.[Cl][Pd][Cl].[Fe].c1ccc(P(c2ccccc2)c2cc[cH-]c2)cc1. The summed E-state index contributed by atoms with van der Waals surface area (Å²) in [6, 6.07) is 30.2. The summed E-state index contributed by atoms with van der Waals surface area (Å²) < 4.78 is 0. The fourth-order valence-electron chi connectivity index (χ4n) is 2.11. The van der Waals surface area contributed by atoms with Gasteiger partial charge in [-0.2, -0.15) is 28.8 Å². The Kier molecular flexibility index (Phi) is 17.1. The molecule has 0 saturated heterocycles. The van der Waals surface area contributed by atoms with Crippen molar-refractivity contribution in [3.05, 3.63) is 90.3 Å². The third-order valence-corrected chi connectivity index (χ3v) is 5.38. The number of rotatable bonds is 3. The van der Waals surface area contributed by atoms with E-state index in [1.807, 2.05) is 0 Å². The summed E-state index contributed by atoms with van der Waals surface area (Å²) in [4.78, 5) is 0. The van der Waals surface area contributed by atoms with Gasteiger partial charge in [0.05, 0.1) is 0 Å². The Hall–Kier alpha value is 0.562. The van der Waals surface area contributed by atoms with Crippen molar-refractivity contribution in [3.63, 3.8) is 0 Å². The van der Waals surface area contributed by atoms with E-state index in [1.54, 1.807) is 0 Å². The van der Waals surface area contributed by atoms with E-state index in [1.165, 1.54) is 15.9 Å². The van der Waals surface area contributed by atoms with Crippen LogP contribution in [-0.2, 0) is 33.0 Å². The van der Waals surface area contributed by atoms with Crippen molar-refractivity contribution < 1.29 is 33.0 Å². The minimum absolute atomic E-state index is 0. The summed E-state index contributed by atoms with van der Waals surface area (Å²) in [5.41, 5.74) is 0. The summed E-state index contributed by atoms with van der Waals surface area (Å²) in [5.74, 6) is 0. The van der Waals surface area contributed by atoms with E-state index in [9.17, 15) is 0 Å². The molecule has 140 valence electrons. The molecule has 0 aromatic heterocycles. The predicted octanol–water partition coefficient (Wildman–Crippen LogP) is 6.12. The van der Waals surface area contributed by atoms with E-state index in [4.69, 9.17) is 19.1 Å². The smallest absolute Gasteiger partial charge is 0 e. The Labute approximate surface area is 187 Å². The zero-order chi connectivity index (χ0) is 17.6. The van der Waals surface area contributed by atoms with Gasteiger partial charge in [-0.15, -0.1) is 0 Å². The Balaban J connectivity index is 0.000000729. The van der Waals surface area contributed by atoms with E-state index in [0.29, 0.717) is 0 Å². The van der Waals surface area contributed by atoms with Crippen LogP contribution in [-0.4, -0.2) is 0 Å². The molecule has 0 bridgehead atoms. The van der Waals surface area contributed by atoms with Crippen molar-refractivity contribution in [1.82, 2.24) is 0 Å². The fraction of sp³-hybridized carbons (Fsp3) is 0. The molecule has 25 heavy (non-hydrogen) atoms. The number of benzene rings is 2. The fourth-order valence-corrected chi connectivity index (χ4v) is 4.42. The van der Waals surface area contributed by atoms with Gasteiger partial charge in [0, 0.05) is 17.1 Å². The van der Waals surface area contributed by atoms with Gasteiger partial charge in [-0.05, 0) is 10.6 Å². The van der Waals surface area contributed by atoms with Crippen molar-refractivity contribution in [3.8, 4) is 0 Å². The first-order valence-corrected chi connectivity index (χ1v) is 13.0. The van der Waals surface area contributed by atoms with E-state index in [2.05, 4.69) is 108 Å². The second-order valence-corrected chi connectivity index (χ2v) is 9.52. The molecule has 0 fully saturated rings. The predicted molar refractivity (Wildman–Crippen MR) is 108 cm³/mol. The van der Waals surface area contributed by atoms with Gasteiger partial charge in [0.15, 0.2) is 0 Å². The molecule has 0 unspecified atom stereocenters. The van der Waals surface area contributed by atoms with Gasteiger partial charge in [-0.1, -0.05) is 68.6 Å². The van der Waals surface area contributed by atoms with Gasteiger partial charge in [0.1, 0.15) is 0 Å². The molecule has 0 saturated carbocycles. The van der Waals surface area contributed by atoms with Crippen LogP contribution in [0.5, 0.6) is 0 Å². The monoisotopic (exact) mass is 564 g/mol. The maximum absolute atomic E-state index is 4.81. The van der Waals surface area contributed by atoms with Gasteiger partial charge >= 0.3 is 35.0 Å². The molecule has 0 nitrogen and oxygen atoms in total. The van der Waals surface area contributed by atoms with E-state index >= 15 is 0 Å². The molecule has 3 aromatic carbocycles.